The van der Waals surface area contributed by atoms with Gasteiger partial charge in [-0.05, 0) is 36.3 Å². The highest BCUT2D eigenvalue weighted by Gasteiger charge is 2.31. The summed E-state index contributed by atoms with van der Waals surface area (Å²) in [5.74, 6) is 1.04. The van der Waals surface area contributed by atoms with Gasteiger partial charge in [-0.2, -0.15) is 0 Å². The molecule has 0 amide bonds. The Morgan fingerprint density at radius 3 is 2.14 bits per heavy atom. The van der Waals surface area contributed by atoms with Crippen LogP contribution in [-0.2, 0) is 10.8 Å². The van der Waals surface area contributed by atoms with Gasteiger partial charge in [-0.1, -0.05) is 47.6 Å². The zero-order chi connectivity index (χ0) is 16.1. The minimum absolute atomic E-state index is 0.0629. The van der Waals surface area contributed by atoms with E-state index in [9.17, 15) is 0 Å². The van der Waals surface area contributed by atoms with Gasteiger partial charge in [-0.15, -0.1) is 0 Å². The Morgan fingerprint density at radius 2 is 1.62 bits per heavy atom. The van der Waals surface area contributed by atoms with Gasteiger partial charge in [0.25, 0.3) is 0 Å². The molecule has 0 spiro atoms. The van der Waals surface area contributed by atoms with Gasteiger partial charge in [0.05, 0.1) is 5.69 Å². The monoisotopic (exact) mass is 289 g/mol. The van der Waals surface area contributed by atoms with Crippen molar-refractivity contribution in [1.29, 1.82) is 0 Å². The molecule has 21 heavy (non-hydrogen) atoms. The molecule has 0 unspecified atom stereocenters. The van der Waals surface area contributed by atoms with Crippen LogP contribution in [0.25, 0.3) is 0 Å². The molecule has 0 aromatic heterocycles. The van der Waals surface area contributed by atoms with Crippen molar-refractivity contribution >= 4 is 5.69 Å². The number of nitrogens with one attached hydrogen (secondary N) is 1. The Hall–Kier alpha value is -1.18. The van der Waals surface area contributed by atoms with Crippen molar-refractivity contribution in [3.63, 3.8) is 0 Å². The molecule has 1 aliphatic rings. The second-order valence-corrected chi connectivity index (χ2v) is 8.94. The van der Waals surface area contributed by atoms with E-state index in [-0.39, 0.29) is 16.4 Å². The number of anilines is 1. The van der Waals surface area contributed by atoms with Gasteiger partial charge in [-0.25, -0.2) is 0 Å². The average molecular weight is 289 g/mol. The molecule has 1 heterocycles. The largest absolute Gasteiger partial charge is 0.485 e. The molecule has 1 aromatic rings. The Labute approximate surface area is 130 Å². The Balaban J connectivity index is 2.67. The summed E-state index contributed by atoms with van der Waals surface area (Å²) in [6.07, 6.45) is 1.01. The lowest BCUT2D eigenvalue weighted by Crippen LogP contribution is -2.29. The second kappa shape index (κ2) is 4.93. The minimum Gasteiger partial charge on any atom is -0.485 e. The van der Waals surface area contributed by atoms with E-state index >= 15 is 0 Å². The van der Waals surface area contributed by atoms with Gasteiger partial charge in [0.1, 0.15) is 11.4 Å². The molecule has 0 saturated carbocycles. The van der Waals surface area contributed by atoms with Gasteiger partial charge in [0, 0.05) is 18.5 Å². The van der Waals surface area contributed by atoms with Crippen molar-refractivity contribution in [2.75, 3.05) is 11.9 Å². The van der Waals surface area contributed by atoms with Crippen LogP contribution < -0.4 is 10.1 Å². The molecule has 1 aromatic carbocycles. The number of benzene rings is 1. The van der Waals surface area contributed by atoms with Crippen LogP contribution in [0.1, 0.15) is 72.9 Å². The SMILES string of the molecule is CC1(C)CCNc2cc(C(C)(C)C)cc(C(C)(C)C)c2O1. The van der Waals surface area contributed by atoms with E-state index in [4.69, 9.17) is 4.74 Å². The third kappa shape index (κ3) is 3.53. The smallest absolute Gasteiger partial charge is 0.146 e. The molecule has 2 rings (SSSR count). The molecule has 0 atom stereocenters. The molecule has 0 aliphatic carbocycles. The molecule has 1 N–H and O–H groups in total. The topological polar surface area (TPSA) is 21.3 Å². The molecular weight excluding hydrogens is 258 g/mol. The number of ether oxygens (including phenoxy) is 1. The fourth-order valence-corrected chi connectivity index (χ4v) is 2.69. The number of fused-ring (bicyclic) bond motifs is 1. The normalized spacial score (nSPS) is 18.3. The quantitative estimate of drug-likeness (QED) is 0.704. The maximum absolute atomic E-state index is 6.41. The third-order valence-corrected chi connectivity index (χ3v) is 4.18. The summed E-state index contributed by atoms with van der Waals surface area (Å²) in [6, 6.07) is 4.61. The van der Waals surface area contributed by atoms with Crippen LogP contribution in [0.3, 0.4) is 0 Å². The molecule has 1 aliphatic heterocycles. The van der Waals surface area contributed by atoms with Crippen molar-refractivity contribution in [3.8, 4) is 5.75 Å². The van der Waals surface area contributed by atoms with Gasteiger partial charge in [0.2, 0.25) is 0 Å². The highest BCUT2D eigenvalue weighted by Crippen LogP contribution is 2.43. The molecule has 2 heteroatoms. The summed E-state index contributed by atoms with van der Waals surface area (Å²) in [5, 5.41) is 3.58. The van der Waals surface area contributed by atoms with Crippen LogP contribution in [0.4, 0.5) is 5.69 Å². The fourth-order valence-electron chi connectivity index (χ4n) is 2.69. The van der Waals surface area contributed by atoms with Crippen molar-refractivity contribution in [1.82, 2.24) is 0 Å². The molecule has 0 radical (unpaired) electrons. The first-order chi connectivity index (χ1) is 9.40. The second-order valence-electron chi connectivity index (χ2n) is 8.94. The summed E-state index contributed by atoms with van der Waals surface area (Å²) in [7, 11) is 0. The summed E-state index contributed by atoms with van der Waals surface area (Å²) in [4.78, 5) is 0. The zero-order valence-corrected chi connectivity index (χ0v) is 15.0. The van der Waals surface area contributed by atoms with Crippen molar-refractivity contribution in [2.24, 2.45) is 0 Å². The van der Waals surface area contributed by atoms with E-state index in [2.05, 4.69) is 72.8 Å². The molecular formula is C19H31NO. The minimum atomic E-state index is -0.124. The van der Waals surface area contributed by atoms with Gasteiger partial charge < -0.3 is 10.1 Å². The molecule has 118 valence electrons. The highest BCUT2D eigenvalue weighted by molar-refractivity contribution is 5.65. The predicted octanol–water partition coefficient (Wildman–Crippen LogP) is 5.25. The lowest BCUT2D eigenvalue weighted by Gasteiger charge is -2.31. The van der Waals surface area contributed by atoms with Crippen LogP contribution in [0, 0.1) is 0 Å². The summed E-state index contributed by atoms with van der Waals surface area (Å²) in [5.41, 5.74) is 3.89. The molecule has 2 nitrogen and oxygen atoms in total. The van der Waals surface area contributed by atoms with Crippen LogP contribution >= 0.6 is 0 Å². The van der Waals surface area contributed by atoms with Gasteiger partial charge in [-0.3, -0.25) is 0 Å². The molecule has 0 saturated heterocycles. The van der Waals surface area contributed by atoms with Crippen molar-refractivity contribution in [2.45, 2.75) is 78.2 Å². The third-order valence-electron chi connectivity index (χ3n) is 4.18. The first kappa shape index (κ1) is 16.2. The maximum atomic E-state index is 6.41. The lowest BCUT2D eigenvalue weighted by atomic mass is 9.79. The summed E-state index contributed by atoms with van der Waals surface area (Å²) in [6.45, 7) is 18.9. The summed E-state index contributed by atoms with van der Waals surface area (Å²) >= 11 is 0. The van der Waals surface area contributed by atoms with Gasteiger partial charge >= 0.3 is 0 Å². The molecule has 0 fully saturated rings. The van der Waals surface area contributed by atoms with Crippen LogP contribution in [0.15, 0.2) is 12.1 Å². The van der Waals surface area contributed by atoms with E-state index < -0.39 is 0 Å². The fraction of sp³-hybridized carbons (Fsp3) is 0.684. The highest BCUT2D eigenvalue weighted by atomic mass is 16.5. The Kier molecular flexibility index (Phi) is 3.80. The van der Waals surface area contributed by atoms with Crippen molar-refractivity contribution < 1.29 is 4.74 Å². The van der Waals surface area contributed by atoms with E-state index in [0.29, 0.717) is 0 Å². The standard InChI is InChI=1S/C19H31NO/c1-17(2,3)13-11-14(18(4,5)6)16-15(12-13)20-10-9-19(7,8)21-16/h11-12,20H,9-10H2,1-8H3. The number of hydrogen-bond donors (Lipinski definition) is 1. The Bertz CT molecular complexity index is 530. The lowest BCUT2D eigenvalue weighted by molar-refractivity contribution is 0.106. The predicted molar refractivity (Wildman–Crippen MR) is 91.7 cm³/mol. The maximum Gasteiger partial charge on any atom is 0.146 e. The van der Waals surface area contributed by atoms with Gasteiger partial charge in [0.15, 0.2) is 0 Å². The van der Waals surface area contributed by atoms with E-state index in [1.54, 1.807) is 0 Å². The first-order valence-corrected chi connectivity index (χ1v) is 8.02. The first-order valence-electron chi connectivity index (χ1n) is 8.02. The average Bonchev–Trinajstić information content (AvgIpc) is 2.41. The van der Waals surface area contributed by atoms with E-state index in [1.165, 1.54) is 11.1 Å². The van der Waals surface area contributed by atoms with Crippen molar-refractivity contribution in [3.05, 3.63) is 23.3 Å². The zero-order valence-electron chi connectivity index (χ0n) is 15.0. The number of rotatable bonds is 0. The Morgan fingerprint density at radius 1 is 1.00 bits per heavy atom. The molecule has 0 bridgehead atoms. The van der Waals surface area contributed by atoms with E-state index in [1.807, 2.05) is 0 Å². The van der Waals surface area contributed by atoms with Crippen LogP contribution in [0.2, 0.25) is 0 Å². The van der Waals surface area contributed by atoms with E-state index in [0.717, 1.165) is 24.4 Å². The van der Waals surface area contributed by atoms with Crippen LogP contribution in [-0.4, -0.2) is 12.1 Å². The summed E-state index contributed by atoms with van der Waals surface area (Å²) < 4.78 is 6.41. The number of hydrogen-bond acceptors (Lipinski definition) is 2. The van der Waals surface area contributed by atoms with Crippen LogP contribution in [0.5, 0.6) is 5.75 Å².